The Hall–Kier alpha value is -2.87. The lowest BCUT2D eigenvalue weighted by molar-refractivity contribution is -0.133. The SMILES string of the molecule is CN(C)C(=O)CNC(=O)C(C)(N)CN1CC(Oc2ccc([C@H]3C[C@H]3B(O)O)c(O)c2C(=O)O)C1. The molecule has 13 heteroatoms. The predicted molar refractivity (Wildman–Crippen MR) is 122 cm³/mol. The Kier molecular flexibility index (Phi) is 7.41. The molecule has 1 saturated carbocycles. The van der Waals surface area contributed by atoms with Crippen molar-refractivity contribution in [2.75, 3.05) is 40.3 Å². The van der Waals surface area contributed by atoms with E-state index in [2.05, 4.69) is 5.32 Å². The van der Waals surface area contributed by atoms with Crippen molar-refractivity contribution < 1.29 is 39.4 Å². The second-order valence-corrected chi connectivity index (χ2v) is 9.42. The molecule has 0 bridgehead atoms. The molecule has 34 heavy (non-hydrogen) atoms. The molecule has 3 atom stereocenters. The first kappa shape index (κ1) is 25.8. The molecule has 2 aliphatic rings. The minimum absolute atomic E-state index is 0.00981. The molecule has 2 fully saturated rings. The fraction of sp³-hybridized carbons (Fsp3) is 0.571. The summed E-state index contributed by atoms with van der Waals surface area (Å²) < 4.78 is 5.79. The van der Waals surface area contributed by atoms with Gasteiger partial charge in [-0.25, -0.2) is 4.79 Å². The lowest BCUT2D eigenvalue weighted by Crippen LogP contribution is -2.64. The number of carbonyl (C=O) groups excluding carboxylic acids is 2. The van der Waals surface area contributed by atoms with Crippen LogP contribution in [-0.2, 0) is 9.59 Å². The van der Waals surface area contributed by atoms with E-state index in [4.69, 9.17) is 10.5 Å². The minimum atomic E-state index is -1.53. The van der Waals surface area contributed by atoms with E-state index in [1.165, 1.54) is 17.0 Å². The summed E-state index contributed by atoms with van der Waals surface area (Å²) in [5.41, 5.74) is 4.85. The van der Waals surface area contributed by atoms with Crippen molar-refractivity contribution in [1.29, 1.82) is 0 Å². The van der Waals surface area contributed by atoms with Crippen molar-refractivity contribution >= 4 is 24.9 Å². The molecule has 1 aliphatic heterocycles. The number of carbonyl (C=O) groups is 3. The molecule has 1 unspecified atom stereocenters. The van der Waals surface area contributed by atoms with E-state index in [1.54, 1.807) is 21.0 Å². The summed E-state index contributed by atoms with van der Waals surface area (Å²) in [5.74, 6) is -3.27. The number of benzene rings is 1. The van der Waals surface area contributed by atoms with Crippen LogP contribution >= 0.6 is 0 Å². The van der Waals surface area contributed by atoms with Gasteiger partial charge in [-0.2, -0.15) is 0 Å². The molecule has 3 rings (SSSR count). The molecule has 7 N–H and O–H groups in total. The van der Waals surface area contributed by atoms with Crippen LogP contribution in [0.4, 0.5) is 0 Å². The Morgan fingerprint density at radius 3 is 2.47 bits per heavy atom. The zero-order chi connectivity index (χ0) is 25.4. The molecule has 1 aromatic rings. The highest BCUT2D eigenvalue weighted by Crippen LogP contribution is 2.56. The van der Waals surface area contributed by atoms with Crippen LogP contribution in [0, 0.1) is 0 Å². The van der Waals surface area contributed by atoms with Crippen LogP contribution in [-0.4, -0.2) is 107 Å². The first-order chi connectivity index (χ1) is 15.8. The third kappa shape index (κ3) is 5.61. The van der Waals surface area contributed by atoms with Crippen molar-refractivity contribution in [1.82, 2.24) is 15.1 Å². The Labute approximate surface area is 197 Å². The van der Waals surface area contributed by atoms with E-state index in [1.807, 2.05) is 4.90 Å². The van der Waals surface area contributed by atoms with Gasteiger partial charge in [-0.1, -0.05) is 6.07 Å². The van der Waals surface area contributed by atoms with Crippen molar-refractivity contribution in [2.45, 2.75) is 36.7 Å². The van der Waals surface area contributed by atoms with Gasteiger partial charge in [0.1, 0.15) is 28.7 Å². The molecular weight excluding hydrogens is 447 g/mol. The summed E-state index contributed by atoms with van der Waals surface area (Å²) in [6, 6.07) is 3.00. The minimum Gasteiger partial charge on any atom is -0.507 e. The molecule has 1 heterocycles. The Morgan fingerprint density at radius 2 is 1.94 bits per heavy atom. The lowest BCUT2D eigenvalue weighted by atomic mass is 9.81. The van der Waals surface area contributed by atoms with Crippen LogP contribution in [0.25, 0.3) is 0 Å². The first-order valence-corrected chi connectivity index (χ1v) is 10.9. The Morgan fingerprint density at radius 1 is 1.29 bits per heavy atom. The smallest absolute Gasteiger partial charge is 0.455 e. The number of aromatic hydroxyl groups is 1. The number of nitrogens with zero attached hydrogens (tertiary/aromatic N) is 2. The number of ether oxygens (including phenoxy) is 1. The largest absolute Gasteiger partial charge is 0.507 e. The summed E-state index contributed by atoms with van der Waals surface area (Å²) in [6.07, 6.45) is 0.0713. The zero-order valence-electron chi connectivity index (χ0n) is 19.4. The quantitative estimate of drug-likeness (QED) is 0.214. The van der Waals surface area contributed by atoms with Gasteiger partial charge in [0.2, 0.25) is 11.8 Å². The van der Waals surface area contributed by atoms with Gasteiger partial charge in [-0.15, -0.1) is 0 Å². The molecule has 0 spiro atoms. The summed E-state index contributed by atoms with van der Waals surface area (Å²) in [5, 5.41) is 41.3. The molecule has 2 amide bonds. The van der Waals surface area contributed by atoms with E-state index in [-0.39, 0.29) is 42.3 Å². The number of hydrogen-bond donors (Lipinski definition) is 6. The number of rotatable bonds is 10. The summed E-state index contributed by atoms with van der Waals surface area (Å²) >= 11 is 0. The van der Waals surface area contributed by atoms with Crippen LogP contribution in [0.15, 0.2) is 12.1 Å². The third-order valence-electron chi connectivity index (χ3n) is 6.19. The number of likely N-dealkylation sites (tertiary alicyclic amines) is 1. The molecule has 1 aromatic carbocycles. The van der Waals surface area contributed by atoms with Crippen molar-refractivity contribution in [3.05, 3.63) is 23.3 Å². The maximum Gasteiger partial charge on any atom is 0.455 e. The van der Waals surface area contributed by atoms with Crippen LogP contribution in [0.3, 0.4) is 0 Å². The summed E-state index contributed by atoms with van der Waals surface area (Å²) in [7, 11) is 1.64. The number of nitrogens with one attached hydrogen (secondary N) is 1. The standard InChI is InChI=1S/C21H31BN4O8/c1-21(23,20(31)24-7-16(27)25(2)3)10-26-8-11(9-26)34-15-5-4-12(13-6-14(13)22(32)33)18(28)17(15)19(29)30/h4-5,11,13-14,28,32-33H,6-10,23H2,1-3H3,(H,24,31)(H,29,30)/t13-,14-,21?/m1/s1. The Balaban J connectivity index is 1.56. The van der Waals surface area contributed by atoms with E-state index in [0.717, 1.165) is 0 Å². The van der Waals surface area contributed by atoms with Gasteiger partial charge < -0.3 is 40.9 Å². The highest BCUT2D eigenvalue weighted by molar-refractivity contribution is 6.44. The average molecular weight is 478 g/mol. The fourth-order valence-corrected chi connectivity index (χ4v) is 4.05. The molecule has 186 valence electrons. The molecule has 1 aliphatic carbocycles. The fourth-order valence-electron chi connectivity index (χ4n) is 4.05. The Bertz CT molecular complexity index is 964. The first-order valence-electron chi connectivity index (χ1n) is 10.9. The second-order valence-electron chi connectivity index (χ2n) is 9.42. The lowest BCUT2D eigenvalue weighted by Gasteiger charge is -2.42. The van der Waals surface area contributed by atoms with Gasteiger partial charge >= 0.3 is 13.1 Å². The van der Waals surface area contributed by atoms with E-state index in [0.29, 0.717) is 25.1 Å². The number of aromatic carboxylic acids is 1. The normalized spacial score (nSPS) is 21.7. The van der Waals surface area contributed by atoms with Crippen molar-refractivity contribution in [3.63, 3.8) is 0 Å². The number of phenols is 1. The second kappa shape index (κ2) is 9.78. The van der Waals surface area contributed by atoms with Crippen LogP contribution in [0.5, 0.6) is 11.5 Å². The number of hydrogen-bond acceptors (Lipinski definition) is 9. The van der Waals surface area contributed by atoms with Crippen LogP contribution in [0.1, 0.15) is 35.2 Å². The maximum atomic E-state index is 12.4. The number of likely N-dealkylation sites (N-methyl/N-ethyl adjacent to an activating group) is 1. The van der Waals surface area contributed by atoms with Crippen molar-refractivity contribution in [3.8, 4) is 11.5 Å². The predicted octanol–water partition coefficient (Wildman–Crippen LogP) is -1.59. The van der Waals surface area contributed by atoms with Gasteiger partial charge in [-0.3, -0.25) is 14.5 Å². The highest BCUT2D eigenvalue weighted by atomic mass is 16.5. The van der Waals surface area contributed by atoms with Gasteiger partial charge in [0.15, 0.2) is 0 Å². The van der Waals surface area contributed by atoms with Crippen molar-refractivity contribution in [2.24, 2.45) is 5.73 Å². The number of nitrogens with two attached hydrogens (primary N) is 1. The van der Waals surface area contributed by atoms with Gasteiger partial charge in [-0.05, 0) is 30.9 Å². The monoisotopic (exact) mass is 478 g/mol. The number of amides is 2. The topological polar surface area (TPSA) is 186 Å². The van der Waals surface area contributed by atoms with Gasteiger partial charge in [0, 0.05) is 39.5 Å². The highest BCUT2D eigenvalue weighted by Gasteiger charge is 2.48. The zero-order valence-corrected chi connectivity index (χ0v) is 19.4. The van der Waals surface area contributed by atoms with Crippen LogP contribution < -0.4 is 15.8 Å². The molecule has 0 radical (unpaired) electrons. The van der Waals surface area contributed by atoms with E-state index in [9.17, 15) is 34.6 Å². The van der Waals surface area contributed by atoms with Crippen LogP contribution in [0.2, 0.25) is 5.82 Å². The summed E-state index contributed by atoms with van der Waals surface area (Å²) in [4.78, 5) is 39.0. The third-order valence-corrected chi connectivity index (χ3v) is 6.19. The van der Waals surface area contributed by atoms with Gasteiger partial charge in [0.05, 0.1) is 6.54 Å². The maximum absolute atomic E-state index is 12.4. The average Bonchev–Trinajstić information content (AvgIpc) is 3.50. The van der Waals surface area contributed by atoms with E-state index >= 15 is 0 Å². The number of carboxylic acid groups (broad SMARTS) is 1. The molecular formula is C21H31BN4O8. The summed E-state index contributed by atoms with van der Waals surface area (Å²) in [6.45, 7) is 2.39. The molecule has 12 nitrogen and oxygen atoms in total. The molecule has 1 saturated heterocycles. The van der Waals surface area contributed by atoms with Gasteiger partial charge in [0.25, 0.3) is 0 Å². The van der Waals surface area contributed by atoms with E-state index < -0.39 is 36.1 Å². The molecule has 0 aromatic heterocycles. The number of carboxylic acids is 1.